The van der Waals surface area contributed by atoms with E-state index in [2.05, 4.69) is 46.8 Å². The van der Waals surface area contributed by atoms with Gasteiger partial charge in [-0.3, -0.25) is 9.36 Å². The fourth-order valence-electron chi connectivity index (χ4n) is 3.92. The molecule has 0 radical (unpaired) electrons. The van der Waals surface area contributed by atoms with Gasteiger partial charge in [-0.05, 0) is 25.1 Å². The highest BCUT2D eigenvalue weighted by atomic mass is 32.2. The van der Waals surface area contributed by atoms with Crippen LogP contribution in [0.1, 0.15) is 12.5 Å². The van der Waals surface area contributed by atoms with E-state index in [1.54, 1.807) is 16.3 Å². The number of nitrogens with zero attached hydrogens (tertiary/aromatic N) is 4. The number of thioether (sulfide) groups is 1. The highest BCUT2D eigenvalue weighted by molar-refractivity contribution is 7.99. The summed E-state index contributed by atoms with van der Waals surface area (Å²) in [5.41, 5.74) is 3.52. The summed E-state index contributed by atoms with van der Waals surface area (Å²) in [4.78, 5) is 17.4. The number of para-hydroxylation sites is 1. The quantitative estimate of drug-likeness (QED) is 0.499. The SMILES string of the molecule is CCn1c2ccccc2c2cc(-c3nc4n(c(=O)c3C#N)CCS4)ccc21. The van der Waals surface area contributed by atoms with Gasteiger partial charge < -0.3 is 4.57 Å². The molecule has 0 bridgehead atoms. The summed E-state index contributed by atoms with van der Waals surface area (Å²) >= 11 is 1.56. The van der Waals surface area contributed by atoms with Crippen LogP contribution >= 0.6 is 11.8 Å². The molecule has 0 fully saturated rings. The molecule has 3 heterocycles. The van der Waals surface area contributed by atoms with Crippen molar-refractivity contribution < 1.29 is 0 Å². The molecule has 132 valence electrons. The van der Waals surface area contributed by atoms with E-state index in [-0.39, 0.29) is 11.1 Å². The molecule has 0 aliphatic carbocycles. The Morgan fingerprint density at radius 1 is 1.19 bits per heavy atom. The smallest absolute Gasteiger partial charge is 0.272 e. The number of benzene rings is 2. The summed E-state index contributed by atoms with van der Waals surface area (Å²) in [5, 5.41) is 12.6. The van der Waals surface area contributed by atoms with Gasteiger partial charge in [-0.1, -0.05) is 36.0 Å². The molecule has 0 N–H and O–H groups in total. The molecule has 5 nitrogen and oxygen atoms in total. The Hall–Kier alpha value is -3.04. The first kappa shape index (κ1) is 16.2. The summed E-state index contributed by atoms with van der Waals surface area (Å²) in [6.07, 6.45) is 0. The summed E-state index contributed by atoms with van der Waals surface area (Å²) in [5.74, 6) is 0.819. The van der Waals surface area contributed by atoms with Crippen molar-refractivity contribution >= 4 is 33.6 Å². The van der Waals surface area contributed by atoms with Gasteiger partial charge in [0, 0.05) is 46.2 Å². The molecule has 27 heavy (non-hydrogen) atoms. The van der Waals surface area contributed by atoms with E-state index in [9.17, 15) is 10.1 Å². The average molecular weight is 372 g/mol. The lowest BCUT2D eigenvalue weighted by Gasteiger charge is -2.08. The average Bonchev–Trinajstić information content (AvgIpc) is 3.30. The molecule has 2 aromatic carbocycles. The summed E-state index contributed by atoms with van der Waals surface area (Å²) < 4.78 is 3.88. The van der Waals surface area contributed by atoms with E-state index in [1.165, 1.54) is 10.9 Å². The molecule has 0 saturated heterocycles. The maximum absolute atomic E-state index is 12.7. The first-order valence-corrected chi connectivity index (χ1v) is 9.90. The van der Waals surface area contributed by atoms with Crippen molar-refractivity contribution in [2.45, 2.75) is 25.2 Å². The van der Waals surface area contributed by atoms with Gasteiger partial charge in [0.1, 0.15) is 11.6 Å². The van der Waals surface area contributed by atoms with Crippen molar-refractivity contribution in [2.75, 3.05) is 5.75 Å². The lowest BCUT2D eigenvalue weighted by atomic mass is 10.0. The Bertz CT molecular complexity index is 1330. The molecule has 0 saturated carbocycles. The van der Waals surface area contributed by atoms with E-state index in [0.717, 1.165) is 28.8 Å². The van der Waals surface area contributed by atoms with Gasteiger partial charge in [-0.2, -0.15) is 5.26 Å². The minimum absolute atomic E-state index is 0.125. The van der Waals surface area contributed by atoms with Gasteiger partial charge in [0.15, 0.2) is 5.16 Å². The molecule has 5 rings (SSSR count). The van der Waals surface area contributed by atoms with Gasteiger partial charge in [-0.15, -0.1) is 0 Å². The second-order valence-corrected chi connectivity index (χ2v) is 7.59. The van der Waals surface area contributed by atoms with Crippen molar-refractivity contribution in [1.82, 2.24) is 14.1 Å². The molecule has 0 spiro atoms. The van der Waals surface area contributed by atoms with Crippen molar-refractivity contribution in [1.29, 1.82) is 5.26 Å². The second-order valence-electron chi connectivity index (χ2n) is 6.53. The predicted molar refractivity (Wildman–Crippen MR) is 108 cm³/mol. The van der Waals surface area contributed by atoms with Gasteiger partial charge in [0.05, 0.1) is 5.69 Å². The summed E-state index contributed by atoms with van der Waals surface area (Å²) in [6, 6.07) is 16.5. The van der Waals surface area contributed by atoms with E-state index in [0.29, 0.717) is 17.4 Å². The van der Waals surface area contributed by atoms with Crippen molar-refractivity contribution in [2.24, 2.45) is 0 Å². The Kier molecular flexibility index (Phi) is 3.59. The molecule has 2 aromatic heterocycles. The first-order chi connectivity index (χ1) is 13.2. The third-order valence-corrected chi connectivity index (χ3v) is 6.11. The van der Waals surface area contributed by atoms with Crippen LogP contribution in [0.2, 0.25) is 0 Å². The maximum Gasteiger partial charge on any atom is 0.272 e. The largest absolute Gasteiger partial charge is 0.341 e. The van der Waals surface area contributed by atoms with Crippen molar-refractivity contribution in [3.05, 3.63) is 58.4 Å². The van der Waals surface area contributed by atoms with E-state index in [1.807, 2.05) is 18.2 Å². The zero-order chi connectivity index (χ0) is 18.5. The van der Waals surface area contributed by atoms with Gasteiger partial charge in [-0.25, -0.2) is 4.98 Å². The number of hydrogen-bond acceptors (Lipinski definition) is 4. The lowest BCUT2D eigenvalue weighted by Crippen LogP contribution is -2.24. The Morgan fingerprint density at radius 2 is 2.00 bits per heavy atom. The van der Waals surface area contributed by atoms with Crippen molar-refractivity contribution in [3.63, 3.8) is 0 Å². The van der Waals surface area contributed by atoms with Crippen LogP contribution in [0.5, 0.6) is 0 Å². The monoisotopic (exact) mass is 372 g/mol. The molecule has 1 aliphatic heterocycles. The van der Waals surface area contributed by atoms with Gasteiger partial charge in [0.2, 0.25) is 0 Å². The molecule has 6 heteroatoms. The highest BCUT2D eigenvalue weighted by Crippen LogP contribution is 2.33. The maximum atomic E-state index is 12.7. The number of aryl methyl sites for hydroxylation is 1. The second kappa shape index (κ2) is 6.00. The molecule has 4 aromatic rings. The standard InChI is InChI=1S/C21H16N4OS/c1-2-24-17-6-4-3-5-14(17)15-11-13(7-8-18(15)24)19-16(12-22)20(26)25-9-10-27-21(25)23-19/h3-8,11H,2,9-10H2,1H3. The molecular formula is C21H16N4OS. The van der Waals surface area contributed by atoms with Crippen LogP contribution in [0.4, 0.5) is 0 Å². The number of nitriles is 1. The van der Waals surface area contributed by atoms with Crippen LogP contribution in [-0.2, 0) is 13.1 Å². The number of aromatic nitrogens is 3. The summed E-state index contributed by atoms with van der Waals surface area (Å²) in [7, 11) is 0. The minimum atomic E-state index is -0.237. The molecule has 0 atom stereocenters. The number of hydrogen-bond donors (Lipinski definition) is 0. The van der Waals surface area contributed by atoms with Gasteiger partial charge >= 0.3 is 0 Å². The fourth-order valence-corrected chi connectivity index (χ4v) is 4.86. The molecule has 0 unspecified atom stereocenters. The number of fused-ring (bicyclic) bond motifs is 4. The van der Waals surface area contributed by atoms with Crippen LogP contribution in [0.15, 0.2) is 52.4 Å². The molecular weight excluding hydrogens is 356 g/mol. The molecule has 1 aliphatic rings. The predicted octanol–water partition coefficient (Wildman–Crippen LogP) is 4.02. The van der Waals surface area contributed by atoms with Crippen LogP contribution in [0, 0.1) is 11.3 Å². The fraction of sp³-hybridized carbons (Fsp3) is 0.190. The van der Waals surface area contributed by atoms with E-state index in [4.69, 9.17) is 0 Å². The Morgan fingerprint density at radius 3 is 2.81 bits per heavy atom. The Balaban J connectivity index is 1.83. The Labute approximate surface area is 159 Å². The number of rotatable bonds is 2. The van der Waals surface area contributed by atoms with E-state index < -0.39 is 0 Å². The van der Waals surface area contributed by atoms with Crippen LogP contribution < -0.4 is 5.56 Å². The van der Waals surface area contributed by atoms with Crippen molar-refractivity contribution in [3.8, 4) is 17.3 Å². The van der Waals surface area contributed by atoms with Crippen LogP contribution in [0.3, 0.4) is 0 Å². The zero-order valence-corrected chi connectivity index (χ0v) is 15.6. The topological polar surface area (TPSA) is 63.6 Å². The van der Waals surface area contributed by atoms with Gasteiger partial charge in [0.25, 0.3) is 5.56 Å². The third kappa shape index (κ3) is 2.25. The normalized spacial score (nSPS) is 13.2. The van der Waals surface area contributed by atoms with Crippen LogP contribution in [-0.4, -0.2) is 19.9 Å². The molecule has 0 amide bonds. The first-order valence-electron chi connectivity index (χ1n) is 8.92. The third-order valence-electron chi connectivity index (χ3n) is 5.15. The zero-order valence-electron chi connectivity index (χ0n) is 14.8. The minimum Gasteiger partial charge on any atom is -0.341 e. The van der Waals surface area contributed by atoms with Crippen LogP contribution in [0.25, 0.3) is 33.1 Å². The lowest BCUT2D eigenvalue weighted by molar-refractivity contribution is 0.655. The van der Waals surface area contributed by atoms with E-state index >= 15 is 0 Å². The highest BCUT2D eigenvalue weighted by Gasteiger charge is 2.22. The summed E-state index contributed by atoms with van der Waals surface area (Å²) in [6.45, 7) is 3.62.